The van der Waals surface area contributed by atoms with Crippen molar-refractivity contribution in [1.82, 2.24) is 0 Å². The van der Waals surface area contributed by atoms with Crippen molar-refractivity contribution in [3.8, 4) is 11.5 Å². The lowest BCUT2D eigenvalue weighted by molar-refractivity contribution is -0.384. The molecule has 0 aliphatic carbocycles. The van der Waals surface area contributed by atoms with Crippen LogP contribution in [0, 0.1) is 24.0 Å². The van der Waals surface area contributed by atoms with E-state index >= 15 is 0 Å². The third kappa shape index (κ3) is 2.86. The molecule has 104 valence electrons. The first-order valence-corrected chi connectivity index (χ1v) is 6.01. The van der Waals surface area contributed by atoms with E-state index in [1.54, 1.807) is 6.07 Å². The Morgan fingerprint density at radius 3 is 2.65 bits per heavy atom. The van der Waals surface area contributed by atoms with Gasteiger partial charge < -0.3 is 10.2 Å². The summed E-state index contributed by atoms with van der Waals surface area (Å²) in [6.45, 7) is 3.91. The number of hydrogen-bond acceptors (Lipinski definition) is 5. The fourth-order valence-electron chi connectivity index (χ4n) is 1.79. The highest BCUT2D eigenvalue weighted by atomic mass is 16.6. The van der Waals surface area contributed by atoms with Crippen LogP contribution in [0.15, 0.2) is 36.4 Å². The van der Waals surface area contributed by atoms with Crippen LogP contribution in [0.25, 0.3) is 0 Å². The van der Waals surface area contributed by atoms with Crippen molar-refractivity contribution in [2.75, 3.05) is 5.43 Å². The summed E-state index contributed by atoms with van der Waals surface area (Å²) in [6, 6.07) is 9.98. The Balaban J connectivity index is 2.40. The summed E-state index contributed by atoms with van der Waals surface area (Å²) < 4.78 is 5.72. The summed E-state index contributed by atoms with van der Waals surface area (Å²) >= 11 is 0. The highest BCUT2D eigenvalue weighted by Crippen LogP contribution is 2.31. The van der Waals surface area contributed by atoms with Crippen LogP contribution >= 0.6 is 0 Å². The van der Waals surface area contributed by atoms with Crippen molar-refractivity contribution in [3.63, 3.8) is 0 Å². The van der Waals surface area contributed by atoms with Gasteiger partial charge >= 0.3 is 0 Å². The second-order valence-electron chi connectivity index (χ2n) is 4.42. The number of aryl methyl sites for hydroxylation is 1. The van der Waals surface area contributed by atoms with Crippen LogP contribution in [0.5, 0.6) is 11.5 Å². The van der Waals surface area contributed by atoms with Gasteiger partial charge in [-0.3, -0.25) is 16.0 Å². The molecule has 2 aromatic carbocycles. The molecule has 3 N–H and O–H groups in total. The van der Waals surface area contributed by atoms with Crippen molar-refractivity contribution in [2.24, 2.45) is 5.84 Å². The molecule has 0 aliphatic rings. The van der Waals surface area contributed by atoms with Crippen molar-refractivity contribution >= 4 is 11.4 Å². The predicted molar refractivity (Wildman–Crippen MR) is 76.9 cm³/mol. The third-order valence-electron chi connectivity index (χ3n) is 3.05. The molecule has 0 fully saturated rings. The van der Waals surface area contributed by atoms with Gasteiger partial charge in [0.1, 0.15) is 11.5 Å². The molecule has 6 heteroatoms. The molecule has 0 saturated carbocycles. The average Bonchev–Trinajstić information content (AvgIpc) is 2.43. The van der Waals surface area contributed by atoms with Gasteiger partial charge in [0.25, 0.3) is 5.69 Å². The average molecular weight is 273 g/mol. The normalized spacial score (nSPS) is 10.2. The van der Waals surface area contributed by atoms with Crippen molar-refractivity contribution in [2.45, 2.75) is 13.8 Å². The highest BCUT2D eigenvalue weighted by Gasteiger charge is 2.12. The van der Waals surface area contributed by atoms with Crippen molar-refractivity contribution in [1.29, 1.82) is 0 Å². The summed E-state index contributed by atoms with van der Waals surface area (Å²) in [6.07, 6.45) is 0. The van der Waals surface area contributed by atoms with E-state index in [1.165, 1.54) is 12.1 Å². The van der Waals surface area contributed by atoms with Crippen LogP contribution < -0.4 is 16.0 Å². The first-order valence-electron chi connectivity index (χ1n) is 6.01. The fraction of sp³-hybridized carbons (Fsp3) is 0.143. The molecule has 0 atom stereocenters. The lowest BCUT2D eigenvalue weighted by atomic mass is 10.1. The van der Waals surface area contributed by atoms with Crippen LogP contribution in [0.1, 0.15) is 11.1 Å². The van der Waals surface area contributed by atoms with E-state index in [1.807, 2.05) is 32.0 Å². The summed E-state index contributed by atoms with van der Waals surface area (Å²) in [5, 5.41) is 10.9. The van der Waals surface area contributed by atoms with Gasteiger partial charge in [0.15, 0.2) is 0 Å². The fourth-order valence-corrected chi connectivity index (χ4v) is 1.79. The molecule has 0 unspecified atom stereocenters. The Hall–Kier alpha value is -2.60. The molecule has 20 heavy (non-hydrogen) atoms. The number of ether oxygens (including phenoxy) is 1. The first-order chi connectivity index (χ1) is 9.51. The summed E-state index contributed by atoms with van der Waals surface area (Å²) in [4.78, 5) is 10.4. The molecule has 6 nitrogen and oxygen atoms in total. The summed E-state index contributed by atoms with van der Waals surface area (Å²) in [7, 11) is 0. The van der Waals surface area contributed by atoms with Crippen LogP contribution in [0.2, 0.25) is 0 Å². The van der Waals surface area contributed by atoms with Gasteiger partial charge in [-0.25, -0.2) is 0 Å². The van der Waals surface area contributed by atoms with E-state index < -0.39 is 4.92 Å². The number of nitrogen functional groups attached to an aromatic ring is 1. The molecular weight excluding hydrogens is 258 g/mol. The van der Waals surface area contributed by atoms with E-state index in [4.69, 9.17) is 10.6 Å². The standard InChI is InChI=1S/C14H15N3O3/c1-9-4-3-5-14(10(9)2)20-13-7-11(16-15)6-12(8-13)17(18)19/h3-8,16H,15H2,1-2H3. The smallest absolute Gasteiger partial charge is 0.275 e. The molecule has 0 spiro atoms. The number of benzene rings is 2. The molecule has 2 aromatic rings. The minimum Gasteiger partial charge on any atom is -0.457 e. The van der Waals surface area contributed by atoms with Gasteiger partial charge in [-0.2, -0.15) is 0 Å². The number of nitro benzene ring substituents is 1. The molecule has 0 saturated heterocycles. The van der Waals surface area contributed by atoms with Crippen LogP contribution in [0.3, 0.4) is 0 Å². The zero-order valence-electron chi connectivity index (χ0n) is 11.2. The van der Waals surface area contributed by atoms with Gasteiger partial charge in [-0.05, 0) is 31.0 Å². The number of nitrogens with zero attached hydrogens (tertiary/aromatic N) is 1. The largest absolute Gasteiger partial charge is 0.457 e. The molecule has 0 radical (unpaired) electrons. The maximum atomic E-state index is 10.9. The molecule has 0 amide bonds. The molecule has 0 aliphatic heterocycles. The number of rotatable bonds is 4. The zero-order chi connectivity index (χ0) is 14.7. The zero-order valence-corrected chi connectivity index (χ0v) is 11.2. The van der Waals surface area contributed by atoms with Gasteiger partial charge in [0.05, 0.1) is 16.7 Å². The third-order valence-corrected chi connectivity index (χ3v) is 3.05. The Kier molecular flexibility index (Phi) is 3.86. The molecule has 0 aromatic heterocycles. The number of nitro groups is 1. The molecule has 2 rings (SSSR count). The molecule has 0 bridgehead atoms. The second-order valence-corrected chi connectivity index (χ2v) is 4.42. The van der Waals surface area contributed by atoms with E-state index in [-0.39, 0.29) is 5.69 Å². The van der Waals surface area contributed by atoms with Gasteiger partial charge in [0.2, 0.25) is 0 Å². The first kappa shape index (κ1) is 13.8. The number of nitrogens with one attached hydrogen (secondary N) is 1. The van der Waals surface area contributed by atoms with Crippen LogP contribution in [0.4, 0.5) is 11.4 Å². The summed E-state index contributed by atoms with van der Waals surface area (Å²) in [5.74, 6) is 6.33. The lowest BCUT2D eigenvalue weighted by Crippen LogP contribution is -2.07. The quantitative estimate of drug-likeness (QED) is 0.506. The minimum absolute atomic E-state index is 0.0826. The molecule has 0 heterocycles. The Bertz CT molecular complexity index is 656. The van der Waals surface area contributed by atoms with Crippen LogP contribution in [-0.4, -0.2) is 4.92 Å². The summed E-state index contributed by atoms with van der Waals surface area (Å²) in [5.41, 5.74) is 4.80. The Labute approximate surface area is 116 Å². The number of hydrazine groups is 1. The maximum Gasteiger partial charge on any atom is 0.275 e. The predicted octanol–water partition coefficient (Wildman–Crippen LogP) is 3.29. The van der Waals surface area contributed by atoms with E-state index in [0.29, 0.717) is 17.2 Å². The van der Waals surface area contributed by atoms with E-state index in [9.17, 15) is 10.1 Å². The number of hydrogen-bond donors (Lipinski definition) is 2. The Morgan fingerprint density at radius 2 is 2.00 bits per heavy atom. The SMILES string of the molecule is Cc1cccc(Oc2cc(NN)cc([N+](=O)[O-])c2)c1C. The Morgan fingerprint density at radius 1 is 1.25 bits per heavy atom. The maximum absolute atomic E-state index is 10.9. The number of anilines is 1. The van der Waals surface area contributed by atoms with Crippen LogP contribution in [-0.2, 0) is 0 Å². The topological polar surface area (TPSA) is 90.4 Å². The lowest BCUT2D eigenvalue weighted by Gasteiger charge is -2.11. The van der Waals surface area contributed by atoms with Crippen molar-refractivity contribution in [3.05, 3.63) is 57.6 Å². The van der Waals surface area contributed by atoms with Gasteiger partial charge in [-0.15, -0.1) is 0 Å². The number of non-ortho nitro benzene ring substituents is 1. The second kappa shape index (κ2) is 5.58. The minimum atomic E-state index is -0.489. The monoisotopic (exact) mass is 273 g/mol. The van der Waals surface area contributed by atoms with Gasteiger partial charge in [0, 0.05) is 12.1 Å². The molecular formula is C14H15N3O3. The highest BCUT2D eigenvalue weighted by molar-refractivity contribution is 5.56. The van der Waals surface area contributed by atoms with E-state index in [2.05, 4.69) is 5.43 Å². The van der Waals surface area contributed by atoms with E-state index in [0.717, 1.165) is 11.1 Å². The van der Waals surface area contributed by atoms with Crippen molar-refractivity contribution < 1.29 is 9.66 Å². The number of nitrogens with two attached hydrogens (primary N) is 1. The van der Waals surface area contributed by atoms with Gasteiger partial charge in [-0.1, -0.05) is 12.1 Å².